The molecule has 1 unspecified atom stereocenters. The van der Waals surface area contributed by atoms with Gasteiger partial charge in [-0.2, -0.15) is 5.10 Å². The molecular formula is C26H33N5O3. The molecule has 0 aliphatic carbocycles. The highest BCUT2D eigenvalue weighted by Crippen LogP contribution is 2.24. The molecule has 0 saturated heterocycles. The van der Waals surface area contributed by atoms with Gasteiger partial charge in [0.05, 0.1) is 5.52 Å². The summed E-state index contributed by atoms with van der Waals surface area (Å²) in [7, 11) is 1.82. The predicted molar refractivity (Wildman–Crippen MR) is 132 cm³/mol. The molecule has 1 amide bonds. The molecule has 3 heterocycles. The topological polar surface area (TPSA) is 109 Å². The highest BCUT2D eigenvalue weighted by molar-refractivity contribution is 5.99. The van der Waals surface area contributed by atoms with Crippen LogP contribution in [0.1, 0.15) is 67.3 Å². The van der Waals surface area contributed by atoms with E-state index in [1.165, 1.54) is 5.56 Å². The van der Waals surface area contributed by atoms with E-state index in [1.54, 1.807) is 22.9 Å². The minimum Gasteiger partial charge on any atom is -0.480 e. The molecule has 3 aromatic rings. The molecule has 0 bridgehead atoms. The maximum absolute atomic E-state index is 12.6. The molecule has 2 aromatic heterocycles. The van der Waals surface area contributed by atoms with Gasteiger partial charge < -0.3 is 15.7 Å². The quantitative estimate of drug-likeness (QED) is 0.366. The van der Waals surface area contributed by atoms with Gasteiger partial charge in [-0.1, -0.05) is 38.2 Å². The molecule has 1 aromatic carbocycles. The van der Waals surface area contributed by atoms with Crippen LogP contribution in [0.3, 0.4) is 0 Å². The van der Waals surface area contributed by atoms with Crippen molar-refractivity contribution in [2.45, 2.75) is 69.9 Å². The van der Waals surface area contributed by atoms with Crippen LogP contribution in [0.2, 0.25) is 0 Å². The molecule has 8 nitrogen and oxygen atoms in total. The maximum Gasteiger partial charge on any atom is 0.326 e. The first-order valence-electron chi connectivity index (χ1n) is 12.2. The van der Waals surface area contributed by atoms with Crippen LogP contribution in [-0.4, -0.2) is 43.8 Å². The van der Waals surface area contributed by atoms with Gasteiger partial charge in [-0.25, -0.2) is 9.78 Å². The summed E-state index contributed by atoms with van der Waals surface area (Å²) >= 11 is 0. The Labute approximate surface area is 199 Å². The molecule has 0 radical (unpaired) electrons. The molecule has 3 N–H and O–H groups in total. The van der Waals surface area contributed by atoms with Crippen molar-refractivity contribution in [2.24, 2.45) is 7.05 Å². The Bertz CT molecular complexity index is 1140. The predicted octanol–water partition coefficient (Wildman–Crippen LogP) is 4.31. The summed E-state index contributed by atoms with van der Waals surface area (Å²) in [6.07, 6.45) is 12.5. The normalized spacial score (nSPS) is 16.0. The van der Waals surface area contributed by atoms with Crippen molar-refractivity contribution >= 4 is 28.6 Å². The van der Waals surface area contributed by atoms with Crippen LogP contribution >= 0.6 is 0 Å². The van der Waals surface area contributed by atoms with Gasteiger partial charge in [0.1, 0.15) is 11.9 Å². The third-order valence-corrected chi connectivity index (χ3v) is 6.52. The molecule has 1 aliphatic rings. The number of unbranched alkanes of at least 4 members (excludes halogenated alkanes) is 4. The monoisotopic (exact) mass is 463 g/mol. The summed E-state index contributed by atoms with van der Waals surface area (Å²) in [4.78, 5) is 28.7. The molecular weight excluding hydrogens is 430 g/mol. The smallest absolute Gasteiger partial charge is 0.326 e. The first kappa shape index (κ1) is 23.7. The van der Waals surface area contributed by atoms with Gasteiger partial charge >= 0.3 is 5.97 Å². The zero-order valence-electron chi connectivity index (χ0n) is 19.7. The number of rotatable bonds is 11. The minimum absolute atomic E-state index is 0.366. The van der Waals surface area contributed by atoms with E-state index in [2.05, 4.69) is 26.8 Å². The van der Waals surface area contributed by atoms with Gasteiger partial charge in [-0.3, -0.25) is 9.48 Å². The number of carboxylic acid groups (broad SMARTS) is 1. The van der Waals surface area contributed by atoms with Crippen molar-refractivity contribution in [1.82, 2.24) is 20.1 Å². The lowest BCUT2D eigenvalue weighted by atomic mass is 9.96. The van der Waals surface area contributed by atoms with E-state index in [0.29, 0.717) is 18.0 Å². The molecule has 0 saturated carbocycles. The minimum atomic E-state index is -0.993. The van der Waals surface area contributed by atoms with Crippen molar-refractivity contribution in [3.63, 3.8) is 0 Å². The number of amides is 1. The number of fused-ring (bicyclic) bond motifs is 2. The number of aryl methyl sites for hydroxylation is 2. The molecule has 34 heavy (non-hydrogen) atoms. The van der Waals surface area contributed by atoms with Crippen LogP contribution < -0.4 is 10.6 Å². The van der Waals surface area contributed by atoms with Crippen molar-refractivity contribution in [3.8, 4) is 0 Å². The lowest BCUT2D eigenvalue weighted by molar-refractivity contribution is -0.139. The second-order valence-corrected chi connectivity index (χ2v) is 9.18. The van der Waals surface area contributed by atoms with Gasteiger partial charge in [0.2, 0.25) is 0 Å². The average molecular weight is 464 g/mol. The highest BCUT2D eigenvalue weighted by Gasteiger charge is 2.21. The number of carbonyl (C=O) groups excluding carboxylic acids is 1. The Morgan fingerprint density at radius 1 is 1.21 bits per heavy atom. The van der Waals surface area contributed by atoms with Crippen LogP contribution in [0.4, 0.5) is 5.82 Å². The maximum atomic E-state index is 12.6. The summed E-state index contributed by atoms with van der Waals surface area (Å²) in [5.41, 5.74) is 2.55. The van der Waals surface area contributed by atoms with Crippen molar-refractivity contribution in [2.75, 3.05) is 5.32 Å². The third-order valence-electron chi connectivity index (χ3n) is 6.52. The number of carboxylic acids is 1. The van der Waals surface area contributed by atoms with E-state index in [4.69, 9.17) is 0 Å². The Hall–Kier alpha value is -3.42. The number of carbonyl (C=O) groups is 2. The van der Waals surface area contributed by atoms with Gasteiger partial charge in [0.25, 0.3) is 5.91 Å². The SMILES string of the molecule is Cn1cc2cc(C(=O)N[C@@H](CCCCCCCC3CCc4cccnc4N3)C(=O)O)ccc2n1. The number of nitrogens with one attached hydrogen (secondary N) is 2. The molecule has 2 atom stereocenters. The molecule has 0 spiro atoms. The van der Waals surface area contributed by atoms with E-state index < -0.39 is 12.0 Å². The lowest BCUT2D eigenvalue weighted by Gasteiger charge is -2.26. The number of benzene rings is 1. The molecule has 1 aliphatic heterocycles. The van der Waals surface area contributed by atoms with E-state index >= 15 is 0 Å². The number of aromatic nitrogens is 3. The summed E-state index contributed by atoms with van der Waals surface area (Å²) in [6.45, 7) is 0. The number of hydrogen-bond donors (Lipinski definition) is 3. The lowest BCUT2D eigenvalue weighted by Crippen LogP contribution is -2.40. The van der Waals surface area contributed by atoms with Crippen LogP contribution in [0, 0.1) is 0 Å². The van der Waals surface area contributed by atoms with Crippen LogP contribution in [0.5, 0.6) is 0 Å². The van der Waals surface area contributed by atoms with Crippen LogP contribution in [-0.2, 0) is 18.3 Å². The van der Waals surface area contributed by atoms with Gasteiger partial charge in [0.15, 0.2) is 0 Å². The van der Waals surface area contributed by atoms with Crippen molar-refractivity contribution < 1.29 is 14.7 Å². The fourth-order valence-corrected chi connectivity index (χ4v) is 4.64. The summed E-state index contributed by atoms with van der Waals surface area (Å²) < 4.78 is 1.69. The molecule has 0 fully saturated rings. The summed E-state index contributed by atoms with van der Waals surface area (Å²) in [6, 6.07) is 8.93. The Morgan fingerprint density at radius 2 is 2.03 bits per heavy atom. The number of pyridine rings is 1. The number of aliphatic carboxylic acids is 1. The fourth-order valence-electron chi connectivity index (χ4n) is 4.64. The van der Waals surface area contributed by atoms with Gasteiger partial charge in [-0.05, 0) is 55.5 Å². The zero-order chi connectivity index (χ0) is 23.9. The second-order valence-electron chi connectivity index (χ2n) is 9.18. The molecule has 180 valence electrons. The van der Waals surface area contributed by atoms with Crippen molar-refractivity contribution in [3.05, 3.63) is 53.9 Å². The third kappa shape index (κ3) is 6.12. The Balaban J connectivity index is 1.14. The standard InChI is InChI=1S/C26H33N5O3/c1-31-17-20-16-19(12-14-22(20)30-31)25(32)29-23(26(33)34)10-6-4-2-3-5-9-21-13-11-18-8-7-15-27-24(18)28-21/h7-8,12,14-17,21,23H,2-6,9-11,13H2,1H3,(H,27,28)(H,29,32)(H,33,34)/t21?,23-/m0/s1. The van der Waals surface area contributed by atoms with Crippen LogP contribution in [0.25, 0.3) is 10.9 Å². The van der Waals surface area contributed by atoms with E-state index in [0.717, 1.165) is 68.1 Å². The Kier molecular flexibility index (Phi) is 7.77. The average Bonchev–Trinajstić information content (AvgIpc) is 3.21. The number of hydrogen-bond acceptors (Lipinski definition) is 5. The number of nitrogens with zero attached hydrogens (tertiary/aromatic N) is 3. The second kappa shape index (κ2) is 11.1. The number of anilines is 1. The largest absolute Gasteiger partial charge is 0.480 e. The van der Waals surface area contributed by atoms with Crippen LogP contribution in [0.15, 0.2) is 42.7 Å². The van der Waals surface area contributed by atoms with E-state index in [1.807, 2.05) is 25.5 Å². The van der Waals surface area contributed by atoms with Gasteiger partial charge in [-0.15, -0.1) is 0 Å². The van der Waals surface area contributed by atoms with E-state index in [9.17, 15) is 14.7 Å². The van der Waals surface area contributed by atoms with Crippen molar-refractivity contribution in [1.29, 1.82) is 0 Å². The highest BCUT2D eigenvalue weighted by atomic mass is 16.4. The van der Waals surface area contributed by atoms with Gasteiger partial charge in [0, 0.05) is 36.4 Å². The van der Waals surface area contributed by atoms with E-state index in [-0.39, 0.29) is 5.91 Å². The summed E-state index contributed by atoms with van der Waals surface area (Å²) in [5.74, 6) is -0.330. The fraction of sp³-hybridized carbons (Fsp3) is 0.462. The first-order chi connectivity index (χ1) is 16.5. The molecule has 4 rings (SSSR count). The molecule has 8 heteroatoms. The summed E-state index contributed by atoms with van der Waals surface area (Å²) in [5, 5.41) is 20.9. The zero-order valence-corrected chi connectivity index (χ0v) is 19.7. The first-order valence-corrected chi connectivity index (χ1v) is 12.2. The Morgan fingerprint density at radius 3 is 2.88 bits per heavy atom.